The van der Waals surface area contributed by atoms with E-state index in [0.717, 1.165) is 51.7 Å². The molecule has 0 aromatic heterocycles. The number of benzene rings is 1. The van der Waals surface area contributed by atoms with Gasteiger partial charge < -0.3 is 14.5 Å². The molecule has 152 valence electrons. The Morgan fingerprint density at radius 3 is 2.46 bits per heavy atom. The topological polar surface area (TPSA) is 49.9 Å². The van der Waals surface area contributed by atoms with E-state index in [1.807, 2.05) is 25.7 Å². The first kappa shape index (κ1) is 19.3. The van der Waals surface area contributed by atoms with Gasteiger partial charge in [-0.05, 0) is 69.4 Å². The molecular formula is C23H32N2O3. The van der Waals surface area contributed by atoms with Crippen molar-refractivity contribution in [2.75, 3.05) is 19.6 Å². The number of nitrogens with zero attached hydrogens (tertiary/aromatic N) is 2. The van der Waals surface area contributed by atoms with Crippen LogP contribution >= 0.6 is 0 Å². The molecule has 1 aromatic carbocycles. The van der Waals surface area contributed by atoms with Gasteiger partial charge >= 0.3 is 6.09 Å². The highest BCUT2D eigenvalue weighted by atomic mass is 16.6. The highest BCUT2D eigenvalue weighted by Gasteiger charge is 2.45. The fourth-order valence-electron chi connectivity index (χ4n) is 5.26. The lowest BCUT2D eigenvalue weighted by molar-refractivity contribution is -0.130. The number of piperidine rings is 1. The molecular weight excluding hydrogens is 352 g/mol. The van der Waals surface area contributed by atoms with Crippen molar-refractivity contribution >= 4 is 12.0 Å². The van der Waals surface area contributed by atoms with Crippen molar-refractivity contribution in [3.05, 3.63) is 35.4 Å². The van der Waals surface area contributed by atoms with Crippen molar-refractivity contribution in [1.82, 2.24) is 9.80 Å². The summed E-state index contributed by atoms with van der Waals surface area (Å²) in [6, 6.07) is 8.91. The average Bonchev–Trinajstić information content (AvgIpc) is 3.07. The van der Waals surface area contributed by atoms with Crippen molar-refractivity contribution < 1.29 is 14.3 Å². The van der Waals surface area contributed by atoms with Gasteiger partial charge in [-0.3, -0.25) is 4.79 Å². The summed E-state index contributed by atoms with van der Waals surface area (Å²) >= 11 is 0. The van der Waals surface area contributed by atoms with E-state index in [9.17, 15) is 9.59 Å². The third-order valence-corrected chi connectivity index (χ3v) is 6.65. The molecule has 1 aromatic rings. The number of hydrogen-bond donors (Lipinski definition) is 0. The van der Waals surface area contributed by atoms with E-state index in [1.165, 1.54) is 11.1 Å². The molecule has 28 heavy (non-hydrogen) atoms. The molecule has 5 heteroatoms. The maximum atomic E-state index is 12.5. The third kappa shape index (κ3) is 3.51. The summed E-state index contributed by atoms with van der Waals surface area (Å²) in [5, 5.41) is 0. The van der Waals surface area contributed by atoms with Gasteiger partial charge in [0.2, 0.25) is 5.91 Å². The zero-order valence-electron chi connectivity index (χ0n) is 17.4. The minimum Gasteiger partial charge on any atom is -0.444 e. The monoisotopic (exact) mass is 384 g/mol. The predicted molar refractivity (Wildman–Crippen MR) is 108 cm³/mol. The minimum absolute atomic E-state index is 0.119. The van der Waals surface area contributed by atoms with Crippen molar-refractivity contribution in [2.24, 2.45) is 0 Å². The first-order chi connectivity index (χ1) is 13.3. The lowest BCUT2D eigenvalue weighted by atomic mass is 9.63. The van der Waals surface area contributed by atoms with Crippen LogP contribution in [0, 0.1) is 0 Å². The second-order valence-corrected chi connectivity index (χ2v) is 9.58. The fourth-order valence-corrected chi connectivity index (χ4v) is 5.26. The molecule has 2 heterocycles. The van der Waals surface area contributed by atoms with Crippen LogP contribution in [0.3, 0.4) is 0 Å². The first-order valence-corrected chi connectivity index (χ1v) is 10.7. The summed E-state index contributed by atoms with van der Waals surface area (Å²) in [7, 11) is 0. The number of hydrogen-bond acceptors (Lipinski definition) is 3. The normalized spacial score (nSPS) is 24.4. The third-order valence-electron chi connectivity index (χ3n) is 6.65. The summed E-state index contributed by atoms with van der Waals surface area (Å²) in [6.45, 7) is 8.08. The van der Waals surface area contributed by atoms with Gasteiger partial charge in [0.15, 0.2) is 0 Å². The van der Waals surface area contributed by atoms with Crippen LogP contribution in [0.4, 0.5) is 4.79 Å². The maximum Gasteiger partial charge on any atom is 0.410 e. The smallest absolute Gasteiger partial charge is 0.410 e. The molecule has 0 saturated carbocycles. The Balaban J connectivity index is 1.53. The molecule has 1 spiro atoms. The van der Waals surface area contributed by atoms with Crippen molar-refractivity contribution in [3.8, 4) is 0 Å². The van der Waals surface area contributed by atoms with Crippen molar-refractivity contribution in [1.29, 1.82) is 0 Å². The van der Waals surface area contributed by atoms with E-state index in [2.05, 4.69) is 29.2 Å². The molecule has 2 saturated heterocycles. The molecule has 1 unspecified atom stereocenters. The molecule has 1 atom stereocenters. The fraction of sp³-hybridized carbons (Fsp3) is 0.652. The van der Waals surface area contributed by atoms with Gasteiger partial charge in [-0.1, -0.05) is 24.3 Å². The Labute approximate surface area is 168 Å². The summed E-state index contributed by atoms with van der Waals surface area (Å²) in [6.07, 6.45) is 5.50. The van der Waals surface area contributed by atoms with Crippen molar-refractivity contribution in [2.45, 2.75) is 76.4 Å². The van der Waals surface area contributed by atoms with Gasteiger partial charge in [0.1, 0.15) is 5.60 Å². The molecule has 2 aliphatic heterocycles. The SMILES string of the molecule is CC(C)(C)OC(=O)N1CCC2(CCC(N3CCCC3=O)c3ccccc32)CC1. The van der Waals surface area contributed by atoms with Gasteiger partial charge in [-0.2, -0.15) is 0 Å². The summed E-state index contributed by atoms with van der Waals surface area (Å²) in [5.41, 5.74) is 2.39. The van der Waals surface area contributed by atoms with Gasteiger partial charge in [0.25, 0.3) is 0 Å². The molecule has 4 rings (SSSR count). The van der Waals surface area contributed by atoms with Gasteiger partial charge in [0, 0.05) is 26.1 Å². The molecule has 2 fully saturated rings. The average molecular weight is 385 g/mol. The van der Waals surface area contributed by atoms with E-state index >= 15 is 0 Å². The number of rotatable bonds is 1. The number of likely N-dealkylation sites (tertiary alicyclic amines) is 2. The Bertz CT molecular complexity index is 759. The molecule has 0 bridgehead atoms. The summed E-state index contributed by atoms with van der Waals surface area (Å²) in [4.78, 5) is 28.8. The Morgan fingerprint density at radius 1 is 1.11 bits per heavy atom. The van der Waals surface area contributed by atoms with E-state index in [1.54, 1.807) is 0 Å². The number of carbonyl (C=O) groups excluding carboxylic acids is 2. The largest absolute Gasteiger partial charge is 0.444 e. The van der Waals surface area contributed by atoms with Crippen LogP contribution in [0.2, 0.25) is 0 Å². The van der Waals surface area contributed by atoms with Gasteiger partial charge in [-0.15, -0.1) is 0 Å². The molecule has 1 aliphatic carbocycles. The number of fused-ring (bicyclic) bond motifs is 2. The lowest BCUT2D eigenvalue weighted by Gasteiger charge is -2.48. The zero-order valence-corrected chi connectivity index (χ0v) is 17.4. The van der Waals surface area contributed by atoms with Crippen LogP contribution in [0.15, 0.2) is 24.3 Å². The Kier molecular flexibility index (Phi) is 4.88. The first-order valence-electron chi connectivity index (χ1n) is 10.7. The Morgan fingerprint density at radius 2 is 1.82 bits per heavy atom. The van der Waals surface area contributed by atoms with Gasteiger partial charge in [-0.25, -0.2) is 4.79 Å². The van der Waals surface area contributed by atoms with E-state index in [0.29, 0.717) is 12.3 Å². The summed E-state index contributed by atoms with van der Waals surface area (Å²) in [5.74, 6) is 0.301. The molecule has 2 amide bonds. The Hall–Kier alpha value is -2.04. The van der Waals surface area contributed by atoms with Crippen LogP contribution in [-0.4, -0.2) is 47.0 Å². The molecule has 3 aliphatic rings. The second-order valence-electron chi connectivity index (χ2n) is 9.58. The molecule has 0 radical (unpaired) electrons. The second kappa shape index (κ2) is 7.09. The van der Waals surface area contributed by atoms with Crippen LogP contribution in [0.5, 0.6) is 0 Å². The van der Waals surface area contributed by atoms with Gasteiger partial charge in [0.05, 0.1) is 6.04 Å². The highest BCUT2D eigenvalue weighted by Crippen LogP contribution is 2.50. The zero-order chi connectivity index (χ0) is 19.9. The maximum absolute atomic E-state index is 12.5. The lowest BCUT2D eigenvalue weighted by Crippen LogP contribution is -2.49. The molecule has 0 N–H and O–H groups in total. The van der Waals surface area contributed by atoms with Crippen LogP contribution in [-0.2, 0) is 14.9 Å². The summed E-state index contributed by atoms with van der Waals surface area (Å²) < 4.78 is 5.56. The standard InChI is InChI=1S/C23H32N2O3/c1-22(2,3)28-21(27)24-15-12-23(13-16-24)11-10-19(25-14-6-9-20(25)26)17-7-4-5-8-18(17)23/h4-5,7-8,19H,6,9-16H2,1-3H3. The van der Waals surface area contributed by atoms with Crippen LogP contribution in [0.25, 0.3) is 0 Å². The number of ether oxygens (including phenoxy) is 1. The van der Waals surface area contributed by atoms with E-state index in [-0.39, 0.29) is 17.6 Å². The van der Waals surface area contributed by atoms with Crippen molar-refractivity contribution in [3.63, 3.8) is 0 Å². The quantitative estimate of drug-likeness (QED) is 0.720. The predicted octanol–water partition coefficient (Wildman–Crippen LogP) is 4.41. The number of carbonyl (C=O) groups is 2. The van der Waals surface area contributed by atoms with E-state index < -0.39 is 5.60 Å². The highest BCUT2D eigenvalue weighted by molar-refractivity contribution is 5.78. The minimum atomic E-state index is -0.459. The van der Waals surface area contributed by atoms with Crippen LogP contribution in [0.1, 0.15) is 76.5 Å². The number of amides is 2. The van der Waals surface area contributed by atoms with Crippen LogP contribution < -0.4 is 0 Å². The molecule has 5 nitrogen and oxygen atoms in total. The van der Waals surface area contributed by atoms with E-state index in [4.69, 9.17) is 4.74 Å².